The van der Waals surface area contributed by atoms with Crippen molar-refractivity contribution in [3.8, 4) is 0 Å². The second-order valence-corrected chi connectivity index (χ2v) is 6.67. The molecule has 1 rings (SSSR count). The number of rotatable bonds is 6. The topological polar surface area (TPSA) is 59.8 Å². The van der Waals surface area contributed by atoms with Crippen LogP contribution in [-0.4, -0.2) is 31.7 Å². The number of ether oxygens (including phenoxy) is 1. The Morgan fingerprint density at radius 2 is 1.74 bits per heavy atom. The summed E-state index contributed by atoms with van der Waals surface area (Å²) in [5, 5.41) is 2.24. The monoisotopic (exact) mass is 321 g/mol. The molecule has 0 aliphatic heterocycles. The molecule has 0 saturated carbocycles. The highest BCUT2D eigenvalue weighted by Crippen LogP contribution is 2.21. The van der Waals surface area contributed by atoms with Gasteiger partial charge in [0.05, 0.1) is 13.2 Å². The Kier molecular flexibility index (Phi) is 7.23. The molecule has 0 aromatic heterocycles. The Morgan fingerprint density at radius 1 is 1.13 bits per heavy atom. The molecule has 2 N–H and O–H groups in total. The highest BCUT2D eigenvalue weighted by Gasteiger charge is 2.17. The van der Waals surface area contributed by atoms with E-state index in [1.54, 1.807) is 6.92 Å². The lowest BCUT2D eigenvalue weighted by atomic mass is 9.87. The first kappa shape index (κ1) is 19.2. The van der Waals surface area contributed by atoms with Gasteiger partial charge in [0.1, 0.15) is 6.54 Å². The van der Waals surface area contributed by atoms with Gasteiger partial charge in [-0.1, -0.05) is 45.0 Å². The van der Waals surface area contributed by atoms with Crippen LogP contribution < -0.4 is 10.2 Å². The molecule has 128 valence electrons. The largest absolute Gasteiger partial charge is 0.450 e. The van der Waals surface area contributed by atoms with Crippen molar-refractivity contribution in [2.45, 2.75) is 46.6 Å². The fraction of sp³-hybridized carbons (Fsp3) is 0.556. The summed E-state index contributed by atoms with van der Waals surface area (Å²) in [5.41, 5.74) is 2.60. The minimum Gasteiger partial charge on any atom is -0.450 e. The molecule has 1 unspecified atom stereocenters. The quantitative estimate of drug-likeness (QED) is 0.838. The average Bonchev–Trinajstić information content (AvgIpc) is 2.46. The number of carbonyl (C=O) groups is 2. The van der Waals surface area contributed by atoms with Gasteiger partial charge in [-0.25, -0.2) is 4.79 Å². The van der Waals surface area contributed by atoms with Crippen LogP contribution in [0.3, 0.4) is 0 Å². The fourth-order valence-corrected chi connectivity index (χ4v) is 2.28. The van der Waals surface area contributed by atoms with E-state index in [9.17, 15) is 9.59 Å². The molecule has 0 fully saturated rings. The zero-order valence-corrected chi connectivity index (χ0v) is 14.9. The number of hydrogen-bond donors (Lipinski definition) is 2. The Labute approximate surface area is 139 Å². The number of alkyl carbamates (subject to hydrolysis) is 1. The molecule has 0 spiro atoms. The number of benzene rings is 1. The van der Waals surface area contributed by atoms with Crippen molar-refractivity contribution in [2.75, 3.05) is 19.7 Å². The summed E-state index contributed by atoms with van der Waals surface area (Å²) in [7, 11) is 0. The highest BCUT2D eigenvalue weighted by atomic mass is 16.5. The summed E-state index contributed by atoms with van der Waals surface area (Å²) in [6.45, 7) is 12.3. The molecule has 1 atom stereocenters. The fourth-order valence-electron chi connectivity index (χ4n) is 2.28. The number of hydrogen-bond acceptors (Lipinski definition) is 3. The van der Waals surface area contributed by atoms with Crippen LogP contribution in [0.15, 0.2) is 24.3 Å². The predicted molar refractivity (Wildman–Crippen MR) is 90.4 cm³/mol. The van der Waals surface area contributed by atoms with Crippen molar-refractivity contribution in [1.29, 1.82) is 0 Å². The van der Waals surface area contributed by atoms with E-state index >= 15 is 0 Å². The van der Waals surface area contributed by atoms with E-state index in [0.29, 0.717) is 0 Å². The van der Waals surface area contributed by atoms with Gasteiger partial charge in [-0.2, -0.15) is 0 Å². The van der Waals surface area contributed by atoms with Crippen LogP contribution in [0.4, 0.5) is 4.79 Å². The molecular formula is C18H29N2O3+. The first-order chi connectivity index (χ1) is 10.8. The zero-order chi connectivity index (χ0) is 17.5. The maximum Gasteiger partial charge on any atom is 0.414 e. The molecular weight excluding hydrogens is 292 g/mol. The molecule has 1 aromatic rings. The van der Waals surface area contributed by atoms with Crippen LogP contribution in [-0.2, 0) is 21.5 Å². The summed E-state index contributed by atoms with van der Waals surface area (Å²) in [6, 6.07) is 8.50. The third-order valence-electron chi connectivity index (χ3n) is 3.70. The SMILES string of the molecule is CCOC(=O)NC(=O)C[NH+](CC)Cc1ccc(C(C)(C)C)cc1. The van der Waals surface area contributed by atoms with E-state index in [2.05, 4.69) is 50.4 Å². The molecule has 0 aliphatic carbocycles. The van der Waals surface area contributed by atoms with Gasteiger partial charge in [0.15, 0.2) is 6.54 Å². The third-order valence-corrected chi connectivity index (χ3v) is 3.70. The molecule has 0 bridgehead atoms. The second-order valence-electron chi connectivity index (χ2n) is 6.67. The van der Waals surface area contributed by atoms with Crippen molar-refractivity contribution >= 4 is 12.0 Å². The van der Waals surface area contributed by atoms with Gasteiger partial charge in [-0.15, -0.1) is 0 Å². The minimum atomic E-state index is -0.678. The minimum absolute atomic E-state index is 0.134. The number of amides is 2. The highest BCUT2D eigenvalue weighted by molar-refractivity contribution is 5.92. The number of imide groups is 1. The Balaban J connectivity index is 2.59. The molecule has 0 radical (unpaired) electrons. The maximum atomic E-state index is 11.8. The first-order valence-electron chi connectivity index (χ1n) is 8.15. The lowest BCUT2D eigenvalue weighted by molar-refractivity contribution is -0.904. The summed E-state index contributed by atoms with van der Waals surface area (Å²) in [4.78, 5) is 24.2. The molecule has 0 heterocycles. The molecule has 2 amide bonds. The van der Waals surface area contributed by atoms with Crippen molar-refractivity contribution in [2.24, 2.45) is 0 Å². The van der Waals surface area contributed by atoms with Gasteiger partial charge >= 0.3 is 6.09 Å². The van der Waals surface area contributed by atoms with Crippen LogP contribution in [0, 0.1) is 0 Å². The van der Waals surface area contributed by atoms with E-state index in [-0.39, 0.29) is 24.5 Å². The summed E-state index contributed by atoms with van der Waals surface area (Å²) in [6.07, 6.45) is -0.678. The number of quaternary nitrogens is 1. The molecule has 0 aliphatic rings. The predicted octanol–water partition coefficient (Wildman–Crippen LogP) is 1.66. The zero-order valence-electron chi connectivity index (χ0n) is 14.9. The first-order valence-corrected chi connectivity index (χ1v) is 8.15. The van der Waals surface area contributed by atoms with Gasteiger partial charge in [0, 0.05) is 5.56 Å². The maximum absolute atomic E-state index is 11.8. The van der Waals surface area contributed by atoms with E-state index in [1.807, 2.05) is 6.92 Å². The third kappa shape index (κ3) is 6.82. The van der Waals surface area contributed by atoms with Crippen LogP contribution >= 0.6 is 0 Å². The molecule has 0 saturated heterocycles. The molecule has 5 nitrogen and oxygen atoms in total. The number of likely N-dealkylation sites (N-methyl/N-ethyl adjacent to an activating group) is 1. The summed E-state index contributed by atoms with van der Waals surface area (Å²) in [5.74, 6) is -0.313. The molecule has 23 heavy (non-hydrogen) atoms. The summed E-state index contributed by atoms with van der Waals surface area (Å²) >= 11 is 0. The van der Waals surface area contributed by atoms with E-state index < -0.39 is 6.09 Å². The number of nitrogens with one attached hydrogen (secondary N) is 2. The van der Waals surface area contributed by atoms with Gasteiger partial charge in [0.25, 0.3) is 5.91 Å². The summed E-state index contributed by atoms with van der Waals surface area (Å²) < 4.78 is 4.71. The van der Waals surface area contributed by atoms with Gasteiger partial charge in [0.2, 0.25) is 0 Å². The lowest BCUT2D eigenvalue weighted by Gasteiger charge is -2.20. The number of carbonyl (C=O) groups excluding carboxylic acids is 2. The lowest BCUT2D eigenvalue weighted by Crippen LogP contribution is -3.11. The average molecular weight is 321 g/mol. The van der Waals surface area contributed by atoms with Crippen LogP contribution in [0.1, 0.15) is 45.7 Å². The molecule has 5 heteroatoms. The molecule has 1 aromatic carbocycles. The van der Waals surface area contributed by atoms with Gasteiger partial charge < -0.3 is 9.64 Å². The smallest absolute Gasteiger partial charge is 0.414 e. The normalized spacial score (nSPS) is 12.6. The van der Waals surface area contributed by atoms with E-state index in [1.165, 1.54) is 11.1 Å². The van der Waals surface area contributed by atoms with E-state index in [4.69, 9.17) is 4.74 Å². The van der Waals surface area contributed by atoms with Crippen molar-refractivity contribution in [3.05, 3.63) is 35.4 Å². The van der Waals surface area contributed by atoms with Crippen LogP contribution in [0.2, 0.25) is 0 Å². The Bertz CT molecular complexity index is 518. The Morgan fingerprint density at radius 3 is 2.22 bits per heavy atom. The van der Waals surface area contributed by atoms with Crippen molar-refractivity contribution < 1.29 is 19.2 Å². The van der Waals surface area contributed by atoms with Crippen LogP contribution in [0.5, 0.6) is 0 Å². The van der Waals surface area contributed by atoms with Gasteiger partial charge in [-0.3, -0.25) is 10.1 Å². The standard InChI is InChI=1S/C18H28N2O3/c1-6-20(13-16(21)19-17(22)23-7-2)12-14-8-10-15(11-9-14)18(3,4)5/h8-11H,6-7,12-13H2,1-5H3,(H,19,21,22)/p+1. The van der Waals surface area contributed by atoms with Crippen molar-refractivity contribution in [1.82, 2.24) is 5.32 Å². The van der Waals surface area contributed by atoms with Gasteiger partial charge in [-0.05, 0) is 24.8 Å². The van der Waals surface area contributed by atoms with Crippen LogP contribution in [0.25, 0.3) is 0 Å². The van der Waals surface area contributed by atoms with Crippen molar-refractivity contribution in [3.63, 3.8) is 0 Å². The Hall–Kier alpha value is -1.88. The van der Waals surface area contributed by atoms with E-state index in [0.717, 1.165) is 18.0 Å². The second kappa shape index (κ2) is 8.67.